The summed E-state index contributed by atoms with van der Waals surface area (Å²) in [4.78, 5) is 0. The van der Waals surface area contributed by atoms with Gasteiger partial charge in [-0.05, 0) is 0 Å². The minimum absolute atomic E-state index is 0. The van der Waals surface area contributed by atoms with Gasteiger partial charge in [-0.3, -0.25) is 0 Å². The molecule has 0 aliphatic heterocycles. The zero-order valence-corrected chi connectivity index (χ0v) is 2.45. The Hall–Kier alpha value is 4.58. The molecule has 0 unspecified atom stereocenters. The van der Waals surface area contributed by atoms with E-state index in [0.717, 1.165) is 0 Å². The van der Waals surface area contributed by atoms with Gasteiger partial charge in [0, 0.05) is 0 Å². The molecule has 24 valence electrons. The van der Waals surface area contributed by atoms with Crippen molar-refractivity contribution in [3.8, 4) is 0 Å². The van der Waals surface area contributed by atoms with Crippen molar-refractivity contribution in [2.24, 2.45) is 0 Å². The first-order valence-electron chi connectivity index (χ1n) is 0. The zero-order chi connectivity index (χ0) is 0. The van der Waals surface area contributed by atoms with Gasteiger partial charge in [0.05, 0.1) is 0 Å². The van der Waals surface area contributed by atoms with Crippen LogP contribution in [0.25, 0.3) is 0 Å². The standard InChI is InChI=1S/2ClH.4Na.4H/h2*1H;;;;;;;;. The molecular formula is H6Cl2Na4. The molecule has 0 atom stereocenters. The fourth-order valence-corrected chi connectivity index (χ4v) is 0. The van der Waals surface area contributed by atoms with Crippen LogP contribution < -0.4 is 0 Å². The van der Waals surface area contributed by atoms with E-state index in [1.54, 1.807) is 0 Å². The Morgan fingerprint density at radius 1 is 0.333 bits per heavy atom. The summed E-state index contributed by atoms with van der Waals surface area (Å²) < 4.78 is 0. The summed E-state index contributed by atoms with van der Waals surface area (Å²) in [5.74, 6) is 0. The summed E-state index contributed by atoms with van der Waals surface area (Å²) in [5.41, 5.74) is 0. The van der Waals surface area contributed by atoms with Gasteiger partial charge in [0.25, 0.3) is 0 Å². The van der Waals surface area contributed by atoms with Crippen LogP contribution in [0.5, 0.6) is 0 Å². The Morgan fingerprint density at radius 3 is 0.333 bits per heavy atom. The minimum atomic E-state index is 0. The van der Waals surface area contributed by atoms with Crippen molar-refractivity contribution in [3.63, 3.8) is 0 Å². The van der Waals surface area contributed by atoms with Crippen LogP contribution in [0.2, 0.25) is 0 Å². The summed E-state index contributed by atoms with van der Waals surface area (Å²) >= 11 is 0. The molecule has 0 saturated heterocycles. The molecule has 0 radical (unpaired) electrons. The maximum atomic E-state index is 0. The fraction of sp³-hybridized carbons (Fsp3) is 0. The molecule has 0 spiro atoms. The van der Waals surface area contributed by atoms with Gasteiger partial charge in [0.2, 0.25) is 0 Å². The molecule has 0 saturated carbocycles. The molecule has 0 nitrogen and oxygen atoms in total. The van der Waals surface area contributed by atoms with Crippen LogP contribution in [0.3, 0.4) is 0 Å². The predicted octanol–water partition coefficient (Wildman–Crippen LogP) is -1.75. The fourth-order valence-electron chi connectivity index (χ4n) is 0. The third kappa shape index (κ3) is 23.5. The first kappa shape index (κ1) is 46.3. The third-order valence-electron chi connectivity index (χ3n) is 0. The summed E-state index contributed by atoms with van der Waals surface area (Å²) in [6.45, 7) is 0. The number of rotatable bonds is 0. The van der Waals surface area contributed by atoms with Crippen molar-refractivity contribution in [2.45, 2.75) is 0 Å². The first-order chi connectivity index (χ1) is 0. The molecule has 0 aromatic rings. The van der Waals surface area contributed by atoms with Gasteiger partial charge in [0.15, 0.2) is 0 Å². The molecule has 0 rings (SSSR count). The zero-order valence-electron chi connectivity index (χ0n) is 0.816. The quantitative estimate of drug-likeness (QED) is 0.377. The predicted molar refractivity (Wildman–Crippen MR) is 43.1 cm³/mol. The van der Waals surface area contributed by atoms with Crippen molar-refractivity contribution < 1.29 is 0 Å². The van der Waals surface area contributed by atoms with E-state index in [1.807, 2.05) is 0 Å². The van der Waals surface area contributed by atoms with E-state index < -0.39 is 0 Å². The van der Waals surface area contributed by atoms with E-state index in [-0.39, 0.29) is 143 Å². The van der Waals surface area contributed by atoms with Gasteiger partial charge in [-0.2, -0.15) is 0 Å². The van der Waals surface area contributed by atoms with Crippen LogP contribution >= 0.6 is 24.8 Å². The van der Waals surface area contributed by atoms with Crippen molar-refractivity contribution in [3.05, 3.63) is 0 Å². The van der Waals surface area contributed by atoms with E-state index in [1.165, 1.54) is 0 Å². The second-order valence-corrected chi connectivity index (χ2v) is 0. The molecule has 0 aromatic heterocycles. The molecule has 0 heterocycles. The first-order valence-corrected chi connectivity index (χ1v) is 0. The molecule has 0 N–H and O–H groups in total. The van der Waals surface area contributed by atoms with Crippen molar-refractivity contribution in [1.29, 1.82) is 0 Å². The normalized spacial score (nSPS) is 0. The number of halogens is 2. The molecule has 6 heavy (non-hydrogen) atoms. The van der Waals surface area contributed by atoms with Crippen LogP contribution in [0, 0.1) is 0 Å². The topological polar surface area (TPSA) is 0 Å². The van der Waals surface area contributed by atoms with E-state index >= 15 is 0 Å². The van der Waals surface area contributed by atoms with E-state index in [9.17, 15) is 0 Å². The van der Waals surface area contributed by atoms with Gasteiger partial charge in [0.1, 0.15) is 0 Å². The van der Waals surface area contributed by atoms with Crippen LogP contribution in [-0.2, 0) is 0 Å². The van der Waals surface area contributed by atoms with Gasteiger partial charge in [-0.25, -0.2) is 0 Å². The SMILES string of the molecule is Cl.Cl.[NaH].[NaH].[NaH].[NaH]. The van der Waals surface area contributed by atoms with Crippen molar-refractivity contribution >= 4 is 143 Å². The average Bonchev–Trinajstić information content (AvgIpc) is 0. The second-order valence-electron chi connectivity index (χ2n) is 0. The second kappa shape index (κ2) is 33.6. The van der Waals surface area contributed by atoms with Gasteiger partial charge < -0.3 is 0 Å². The number of hydrogen-bond acceptors (Lipinski definition) is 0. The number of hydrogen-bond donors (Lipinski definition) is 0. The van der Waals surface area contributed by atoms with Crippen molar-refractivity contribution in [2.75, 3.05) is 0 Å². The van der Waals surface area contributed by atoms with Crippen molar-refractivity contribution in [1.82, 2.24) is 0 Å². The van der Waals surface area contributed by atoms with E-state index in [2.05, 4.69) is 0 Å². The van der Waals surface area contributed by atoms with Gasteiger partial charge in [-0.1, -0.05) is 0 Å². The summed E-state index contributed by atoms with van der Waals surface area (Å²) in [5, 5.41) is 0. The van der Waals surface area contributed by atoms with E-state index in [4.69, 9.17) is 0 Å². The Labute approximate surface area is 139 Å². The monoisotopic (exact) mass is 168 g/mol. The van der Waals surface area contributed by atoms with Crippen LogP contribution in [0.4, 0.5) is 0 Å². The van der Waals surface area contributed by atoms with Gasteiger partial charge >= 0.3 is 118 Å². The molecule has 0 aliphatic rings. The molecule has 0 bridgehead atoms. The molecule has 0 aliphatic carbocycles. The molecule has 0 amide bonds. The molecular weight excluding hydrogens is 163 g/mol. The molecule has 0 fully saturated rings. The Kier molecular flexibility index (Phi) is 259. The van der Waals surface area contributed by atoms with Crippen LogP contribution in [-0.4, -0.2) is 118 Å². The summed E-state index contributed by atoms with van der Waals surface area (Å²) in [6.07, 6.45) is 0. The van der Waals surface area contributed by atoms with E-state index in [0.29, 0.717) is 0 Å². The van der Waals surface area contributed by atoms with Crippen LogP contribution in [0.15, 0.2) is 0 Å². The van der Waals surface area contributed by atoms with Crippen LogP contribution in [0.1, 0.15) is 0 Å². The molecule has 6 heteroatoms. The Morgan fingerprint density at radius 2 is 0.333 bits per heavy atom. The van der Waals surface area contributed by atoms with Gasteiger partial charge in [-0.15, -0.1) is 24.8 Å². The third-order valence-corrected chi connectivity index (χ3v) is 0. The average molecular weight is 169 g/mol. The molecule has 0 aromatic carbocycles. The summed E-state index contributed by atoms with van der Waals surface area (Å²) in [7, 11) is 0. The Balaban J connectivity index is 0. The maximum absolute atomic E-state index is 0. The Bertz CT molecular complexity index is 5.51. The summed E-state index contributed by atoms with van der Waals surface area (Å²) in [6, 6.07) is 0.